The van der Waals surface area contributed by atoms with Crippen molar-refractivity contribution in [3.63, 3.8) is 0 Å². The maximum atomic E-state index is 14.6. The number of carbonyl (C=O) groups is 1. The Bertz CT molecular complexity index is 1570. The van der Waals surface area contributed by atoms with Gasteiger partial charge in [-0.1, -0.05) is 13.0 Å². The summed E-state index contributed by atoms with van der Waals surface area (Å²) in [6, 6.07) is 12.0. The molecule has 0 saturated heterocycles. The number of nitrogens with zero attached hydrogens (tertiary/aromatic N) is 6. The number of fused-ring (bicyclic) bond motifs is 2. The zero-order valence-corrected chi connectivity index (χ0v) is 21.1. The molecule has 192 valence electrons. The number of benzene rings is 2. The Kier molecular flexibility index (Phi) is 5.91. The van der Waals surface area contributed by atoms with Gasteiger partial charge in [0.1, 0.15) is 17.2 Å². The Morgan fingerprint density at radius 1 is 1.13 bits per heavy atom. The normalized spacial score (nSPS) is 21.3. The van der Waals surface area contributed by atoms with E-state index in [4.69, 9.17) is 4.98 Å². The van der Waals surface area contributed by atoms with Crippen LogP contribution < -0.4 is 15.1 Å². The highest BCUT2D eigenvalue weighted by Gasteiger charge is 2.41. The fraction of sp³-hybridized carbons (Fsp3) is 0.321. The summed E-state index contributed by atoms with van der Waals surface area (Å²) in [6.45, 7) is 4.17. The van der Waals surface area contributed by atoms with Gasteiger partial charge in [0.25, 0.3) is 5.91 Å². The predicted octanol–water partition coefficient (Wildman–Crippen LogP) is 5.56. The van der Waals surface area contributed by atoms with E-state index in [1.807, 2.05) is 13.0 Å². The monoisotopic (exact) mass is 510 g/mol. The topological polar surface area (TPSA) is 114 Å². The van der Waals surface area contributed by atoms with Gasteiger partial charge in [0.15, 0.2) is 11.6 Å². The summed E-state index contributed by atoms with van der Waals surface area (Å²) in [5, 5.41) is 19.8. The van der Waals surface area contributed by atoms with Crippen LogP contribution in [-0.4, -0.2) is 38.2 Å². The maximum absolute atomic E-state index is 14.6. The number of aromatic nitrogens is 4. The average Bonchev–Trinajstić information content (AvgIpc) is 3.40. The molecule has 9 nitrogen and oxygen atoms in total. The van der Waals surface area contributed by atoms with E-state index in [1.54, 1.807) is 41.6 Å². The Morgan fingerprint density at radius 2 is 1.95 bits per heavy atom. The second-order valence-corrected chi connectivity index (χ2v) is 10.2. The maximum Gasteiger partial charge on any atom is 0.254 e. The number of hydrogen-bond acceptors (Lipinski definition) is 7. The molecule has 0 bridgehead atoms. The quantitative estimate of drug-likeness (QED) is 0.369. The van der Waals surface area contributed by atoms with Crippen LogP contribution in [0, 0.1) is 23.1 Å². The SMILES string of the molecule is CC1CCC(N2c3nc(Nc4cc(F)c5[nH]ncc5c4)ncc3N(c3cccc(C#N)c3)C(=O)[C@H]2C)CC1. The lowest BCUT2D eigenvalue weighted by molar-refractivity contribution is -0.119. The number of nitrogens with one attached hydrogen (secondary N) is 2. The van der Waals surface area contributed by atoms with Crippen LogP contribution in [0.3, 0.4) is 0 Å². The van der Waals surface area contributed by atoms with E-state index in [9.17, 15) is 14.4 Å². The standard InChI is InChI=1S/C28H27FN8O/c1-16-6-8-21(9-7-16)36-17(2)27(38)37(22-5-3-4-18(10-22)13-30)24-15-31-28(34-26(24)36)33-20-11-19-14-32-35-25(19)23(29)12-20/h3-5,10-12,14-17,21H,6-9H2,1-2H3,(H,32,35)(H,31,33,34)/t16?,17-,21?/m1/s1. The Morgan fingerprint density at radius 3 is 2.74 bits per heavy atom. The lowest BCUT2D eigenvalue weighted by Gasteiger charge is -2.46. The fourth-order valence-electron chi connectivity index (χ4n) is 5.59. The molecule has 2 aliphatic rings. The molecule has 6 rings (SSSR count). The van der Waals surface area contributed by atoms with Crippen LogP contribution >= 0.6 is 0 Å². The number of carbonyl (C=O) groups excluding carboxylic acids is 1. The van der Waals surface area contributed by atoms with Gasteiger partial charge in [-0.05, 0) is 68.9 Å². The molecule has 2 aromatic heterocycles. The minimum Gasteiger partial charge on any atom is -0.340 e. The number of hydrogen-bond donors (Lipinski definition) is 2. The summed E-state index contributed by atoms with van der Waals surface area (Å²) in [4.78, 5) is 26.9. The van der Waals surface area contributed by atoms with E-state index in [0.717, 1.165) is 25.7 Å². The summed E-state index contributed by atoms with van der Waals surface area (Å²) in [5.41, 5.74) is 2.44. The number of aromatic amines is 1. The molecule has 38 heavy (non-hydrogen) atoms. The molecule has 1 fully saturated rings. The first kappa shape index (κ1) is 23.9. The van der Waals surface area contributed by atoms with Crippen molar-refractivity contribution in [2.24, 2.45) is 5.92 Å². The average molecular weight is 511 g/mol. The highest BCUT2D eigenvalue weighted by Crippen LogP contribution is 2.43. The van der Waals surface area contributed by atoms with Crippen molar-refractivity contribution in [2.75, 3.05) is 15.1 Å². The van der Waals surface area contributed by atoms with Crippen molar-refractivity contribution in [3.8, 4) is 6.07 Å². The van der Waals surface area contributed by atoms with Crippen LogP contribution in [0.4, 0.5) is 33.2 Å². The van der Waals surface area contributed by atoms with Gasteiger partial charge in [-0.25, -0.2) is 9.37 Å². The molecule has 1 aliphatic heterocycles. The second kappa shape index (κ2) is 9.41. The molecule has 1 atom stereocenters. The minimum absolute atomic E-state index is 0.0944. The van der Waals surface area contributed by atoms with Crippen molar-refractivity contribution in [2.45, 2.75) is 51.6 Å². The molecule has 2 aromatic carbocycles. The van der Waals surface area contributed by atoms with Crippen molar-refractivity contribution in [1.82, 2.24) is 20.2 Å². The Balaban J connectivity index is 1.44. The summed E-state index contributed by atoms with van der Waals surface area (Å²) in [5.74, 6) is 1.07. The number of amides is 1. The summed E-state index contributed by atoms with van der Waals surface area (Å²) < 4.78 is 14.6. The first-order chi connectivity index (χ1) is 18.4. The zero-order valence-electron chi connectivity index (χ0n) is 21.1. The molecule has 10 heteroatoms. The van der Waals surface area contributed by atoms with Gasteiger partial charge in [-0.15, -0.1) is 0 Å². The third kappa shape index (κ3) is 4.10. The Labute approximate surface area is 219 Å². The fourth-order valence-corrected chi connectivity index (χ4v) is 5.59. The van der Waals surface area contributed by atoms with Gasteiger partial charge in [0, 0.05) is 17.1 Å². The van der Waals surface area contributed by atoms with Gasteiger partial charge < -0.3 is 10.2 Å². The number of rotatable bonds is 4. The molecule has 1 aliphatic carbocycles. The summed E-state index contributed by atoms with van der Waals surface area (Å²) in [7, 11) is 0. The molecule has 3 heterocycles. The van der Waals surface area contributed by atoms with Crippen LogP contribution in [0.5, 0.6) is 0 Å². The lowest BCUT2D eigenvalue weighted by atomic mass is 9.85. The van der Waals surface area contributed by atoms with E-state index in [1.165, 1.54) is 6.07 Å². The second-order valence-electron chi connectivity index (χ2n) is 10.2. The molecular formula is C28H27FN8O. The smallest absolute Gasteiger partial charge is 0.254 e. The van der Waals surface area contributed by atoms with Gasteiger partial charge in [-0.3, -0.25) is 14.8 Å². The third-order valence-corrected chi connectivity index (χ3v) is 7.60. The van der Waals surface area contributed by atoms with Crippen LogP contribution in [0.15, 0.2) is 48.8 Å². The largest absolute Gasteiger partial charge is 0.340 e. The van der Waals surface area contributed by atoms with E-state index >= 15 is 0 Å². The molecule has 0 spiro atoms. The predicted molar refractivity (Wildman–Crippen MR) is 143 cm³/mol. The van der Waals surface area contributed by atoms with E-state index < -0.39 is 11.9 Å². The van der Waals surface area contributed by atoms with E-state index in [2.05, 4.69) is 38.4 Å². The zero-order chi connectivity index (χ0) is 26.4. The van der Waals surface area contributed by atoms with Crippen molar-refractivity contribution < 1.29 is 9.18 Å². The minimum atomic E-state index is -0.464. The molecule has 0 unspecified atom stereocenters. The summed E-state index contributed by atoms with van der Waals surface area (Å²) >= 11 is 0. The first-order valence-electron chi connectivity index (χ1n) is 12.8. The van der Waals surface area contributed by atoms with Crippen molar-refractivity contribution in [3.05, 3.63) is 60.2 Å². The number of anilines is 5. The highest BCUT2D eigenvalue weighted by atomic mass is 19.1. The van der Waals surface area contributed by atoms with E-state index in [-0.39, 0.29) is 11.9 Å². The number of nitriles is 1. The van der Waals surface area contributed by atoms with Crippen LogP contribution in [0.1, 0.15) is 45.1 Å². The van der Waals surface area contributed by atoms with Crippen molar-refractivity contribution >= 4 is 45.6 Å². The van der Waals surface area contributed by atoms with Gasteiger partial charge in [0.05, 0.1) is 29.7 Å². The Hall–Kier alpha value is -4.52. The van der Waals surface area contributed by atoms with Crippen LogP contribution in [0.2, 0.25) is 0 Å². The lowest BCUT2D eigenvalue weighted by Crippen LogP contribution is -2.55. The van der Waals surface area contributed by atoms with Crippen LogP contribution in [0.25, 0.3) is 10.9 Å². The molecular weight excluding hydrogens is 483 g/mol. The van der Waals surface area contributed by atoms with Gasteiger partial charge in [-0.2, -0.15) is 15.3 Å². The summed E-state index contributed by atoms with van der Waals surface area (Å²) in [6.07, 6.45) is 7.30. The van der Waals surface area contributed by atoms with Crippen molar-refractivity contribution in [1.29, 1.82) is 5.26 Å². The van der Waals surface area contributed by atoms with Gasteiger partial charge in [0.2, 0.25) is 5.95 Å². The molecule has 1 amide bonds. The van der Waals surface area contributed by atoms with Crippen LogP contribution in [-0.2, 0) is 4.79 Å². The number of H-pyrrole nitrogens is 1. The highest BCUT2D eigenvalue weighted by molar-refractivity contribution is 6.10. The molecule has 4 aromatic rings. The third-order valence-electron chi connectivity index (χ3n) is 7.60. The molecule has 2 N–H and O–H groups in total. The molecule has 0 radical (unpaired) electrons. The van der Waals surface area contributed by atoms with E-state index in [0.29, 0.717) is 51.2 Å². The first-order valence-corrected chi connectivity index (χ1v) is 12.8. The molecule has 1 saturated carbocycles. The van der Waals surface area contributed by atoms with Gasteiger partial charge >= 0.3 is 0 Å². The number of halogens is 1.